The number of aryl methyl sites for hydroxylation is 1. The number of rotatable bonds is 4. The molecule has 2 heterocycles. The minimum atomic E-state index is -1.09. The van der Waals surface area contributed by atoms with Gasteiger partial charge in [0.25, 0.3) is 0 Å². The number of hydrogen-bond donors (Lipinski definition) is 1. The van der Waals surface area contributed by atoms with E-state index >= 15 is 0 Å². The van der Waals surface area contributed by atoms with Gasteiger partial charge in [0.15, 0.2) is 10.9 Å². The van der Waals surface area contributed by atoms with Gasteiger partial charge in [-0.15, -0.1) is 0 Å². The van der Waals surface area contributed by atoms with E-state index < -0.39 is 5.97 Å². The van der Waals surface area contributed by atoms with Gasteiger partial charge in [-0.25, -0.2) is 9.78 Å². The fraction of sp³-hybridized carbons (Fsp3) is 0.222. The second-order valence-electron chi connectivity index (χ2n) is 3.09. The van der Waals surface area contributed by atoms with Crippen LogP contribution in [0.5, 0.6) is 0 Å². The van der Waals surface area contributed by atoms with E-state index in [0.29, 0.717) is 11.5 Å². The normalized spacial score (nSPS) is 10.6. The molecule has 0 bridgehead atoms. The Kier molecular flexibility index (Phi) is 2.95. The Hall–Kier alpha value is -1.76. The summed E-state index contributed by atoms with van der Waals surface area (Å²) in [6.07, 6.45) is 3.54. The lowest BCUT2D eigenvalue weighted by Gasteiger charge is -1.97. The van der Waals surface area contributed by atoms with Crippen molar-refractivity contribution in [1.82, 2.24) is 14.7 Å². The summed E-state index contributed by atoms with van der Waals surface area (Å²) in [5, 5.41) is 12.9. The monoisotopic (exact) mass is 239 g/mol. The fourth-order valence-electron chi connectivity index (χ4n) is 1.11. The van der Waals surface area contributed by atoms with E-state index in [1.54, 1.807) is 6.20 Å². The van der Waals surface area contributed by atoms with Gasteiger partial charge in [0.05, 0.1) is 5.75 Å². The Morgan fingerprint density at radius 3 is 3.06 bits per heavy atom. The van der Waals surface area contributed by atoms with E-state index in [-0.39, 0.29) is 5.69 Å². The van der Waals surface area contributed by atoms with Crippen LogP contribution in [0.3, 0.4) is 0 Å². The lowest BCUT2D eigenvalue weighted by Crippen LogP contribution is -1.94. The van der Waals surface area contributed by atoms with Gasteiger partial charge in [-0.1, -0.05) is 16.9 Å². The average molecular weight is 239 g/mol. The van der Waals surface area contributed by atoms with Crippen molar-refractivity contribution in [1.29, 1.82) is 0 Å². The van der Waals surface area contributed by atoms with Crippen LogP contribution in [0.4, 0.5) is 0 Å². The average Bonchev–Trinajstić information content (AvgIpc) is 2.83. The SMILES string of the molecule is Cn1ccnc1SCc1cc(C(=O)O)no1. The second-order valence-corrected chi connectivity index (χ2v) is 4.04. The summed E-state index contributed by atoms with van der Waals surface area (Å²) in [6, 6.07) is 1.41. The maximum Gasteiger partial charge on any atom is 0.358 e. The van der Waals surface area contributed by atoms with Crippen molar-refractivity contribution in [3.63, 3.8) is 0 Å². The molecule has 0 saturated heterocycles. The summed E-state index contributed by atoms with van der Waals surface area (Å²) in [6.45, 7) is 0. The maximum atomic E-state index is 10.6. The quantitative estimate of drug-likeness (QED) is 0.812. The molecule has 0 aromatic carbocycles. The van der Waals surface area contributed by atoms with Crippen LogP contribution >= 0.6 is 11.8 Å². The molecule has 2 aromatic rings. The molecule has 0 aliphatic carbocycles. The van der Waals surface area contributed by atoms with Crippen LogP contribution in [-0.2, 0) is 12.8 Å². The lowest BCUT2D eigenvalue weighted by atomic mass is 10.4. The first-order valence-electron chi connectivity index (χ1n) is 4.46. The van der Waals surface area contributed by atoms with Crippen LogP contribution in [0.2, 0.25) is 0 Å². The molecule has 6 nitrogen and oxygen atoms in total. The molecule has 0 radical (unpaired) electrons. The van der Waals surface area contributed by atoms with Crippen molar-refractivity contribution in [2.45, 2.75) is 10.9 Å². The Labute approximate surface area is 95.3 Å². The van der Waals surface area contributed by atoms with Gasteiger partial charge in [0.1, 0.15) is 5.76 Å². The van der Waals surface area contributed by atoms with Gasteiger partial charge in [-0.2, -0.15) is 0 Å². The Morgan fingerprint density at radius 2 is 2.50 bits per heavy atom. The van der Waals surface area contributed by atoms with Crippen LogP contribution < -0.4 is 0 Å². The molecule has 0 unspecified atom stereocenters. The number of carbonyl (C=O) groups is 1. The number of carboxylic acid groups (broad SMARTS) is 1. The first-order chi connectivity index (χ1) is 7.66. The smallest absolute Gasteiger partial charge is 0.358 e. The summed E-state index contributed by atoms with van der Waals surface area (Å²) in [7, 11) is 1.89. The van der Waals surface area contributed by atoms with Crippen LogP contribution in [0.1, 0.15) is 16.2 Å². The third-order valence-electron chi connectivity index (χ3n) is 1.90. The molecule has 0 fully saturated rings. The molecule has 16 heavy (non-hydrogen) atoms. The highest BCUT2D eigenvalue weighted by molar-refractivity contribution is 7.98. The largest absolute Gasteiger partial charge is 0.476 e. The van der Waals surface area contributed by atoms with Crippen molar-refractivity contribution in [2.24, 2.45) is 7.05 Å². The molecular weight excluding hydrogens is 230 g/mol. The Bertz CT molecular complexity index is 506. The zero-order chi connectivity index (χ0) is 11.5. The third-order valence-corrected chi connectivity index (χ3v) is 2.98. The van der Waals surface area contributed by atoms with Gasteiger partial charge >= 0.3 is 5.97 Å². The maximum absolute atomic E-state index is 10.6. The predicted octanol–water partition coefficient (Wildman–Crippen LogP) is 1.40. The number of carboxylic acids is 1. The molecule has 7 heteroatoms. The van der Waals surface area contributed by atoms with Gasteiger partial charge in [-0.3, -0.25) is 0 Å². The van der Waals surface area contributed by atoms with E-state index in [4.69, 9.17) is 9.63 Å². The fourth-order valence-corrected chi connectivity index (χ4v) is 1.92. The first kappa shape index (κ1) is 10.7. The van der Waals surface area contributed by atoms with Gasteiger partial charge in [0, 0.05) is 25.5 Å². The van der Waals surface area contributed by atoms with Gasteiger partial charge in [0.2, 0.25) is 0 Å². The summed E-state index contributed by atoms with van der Waals surface area (Å²) in [5.74, 6) is -0.0621. The Balaban J connectivity index is 2.00. The summed E-state index contributed by atoms with van der Waals surface area (Å²) >= 11 is 1.46. The van der Waals surface area contributed by atoms with Gasteiger partial charge in [-0.05, 0) is 0 Å². The summed E-state index contributed by atoms with van der Waals surface area (Å²) in [4.78, 5) is 14.7. The number of aromatic carboxylic acids is 1. The predicted molar refractivity (Wildman–Crippen MR) is 56.2 cm³/mol. The molecule has 84 valence electrons. The lowest BCUT2D eigenvalue weighted by molar-refractivity contribution is 0.0685. The summed E-state index contributed by atoms with van der Waals surface area (Å²) < 4.78 is 6.75. The molecule has 0 aliphatic rings. The van der Waals surface area contributed by atoms with E-state index in [0.717, 1.165) is 5.16 Å². The first-order valence-corrected chi connectivity index (χ1v) is 5.44. The van der Waals surface area contributed by atoms with Crippen molar-refractivity contribution < 1.29 is 14.4 Å². The van der Waals surface area contributed by atoms with Crippen molar-refractivity contribution >= 4 is 17.7 Å². The molecule has 0 saturated carbocycles. The standard InChI is InChI=1S/C9H9N3O3S/c1-12-3-2-10-9(12)16-5-6-4-7(8(13)14)11-15-6/h2-4H,5H2,1H3,(H,13,14). The van der Waals surface area contributed by atoms with Crippen LogP contribution in [0, 0.1) is 0 Å². The number of imidazole rings is 1. The van der Waals surface area contributed by atoms with E-state index in [2.05, 4.69) is 10.1 Å². The van der Waals surface area contributed by atoms with E-state index in [9.17, 15) is 4.79 Å². The molecule has 0 atom stereocenters. The van der Waals surface area contributed by atoms with Crippen molar-refractivity contribution in [3.05, 3.63) is 29.9 Å². The highest BCUT2D eigenvalue weighted by Gasteiger charge is 2.11. The number of aromatic nitrogens is 3. The third kappa shape index (κ3) is 2.25. The minimum absolute atomic E-state index is 0.0737. The molecule has 2 aromatic heterocycles. The molecule has 1 N–H and O–H groups in total. The number of hydrogen-bond acceptors (Lipinski definition) is 5. The van der Waals surface area contributed by atoms with Gasteiger partial charge < -0.3 is 14.2 Å². The van der Waals surface area contributed by atoms with Crippen LogP contribution in [-0.4, -0.2) is 25.8 Å². The molecular formula is C9H9N3O3S. The molecule has 2 rings (SSSR count). The zero-order valence-electron chi connectivity index (χ0n) is 8.45. The number of nitrogens with zero attached hydrogens (tertiary/aromatic N) is 3. The van der Waals surface area contributed by atoms with Crippen molar-refractivity contribution in [2.75, 3.05) is 0 Å². The second kappa shape index (κ2) is 4.40. The van der Waals surface area contributed by atoms with Crippen LogP contribution in [0.25, 0.3) is 0 Å². The van der Waals surface area contributed by atoms with Crippen LogP contribution in [0.15, 0.2) is 28.1 Å². The highest BCUT2D eigenvalue weighted by Crippen LogP contribution is 2.20. The summed E-state index contributed by atoms with van der Waals surface area (Å²) in [5.41, 5.74) is -0.0737. The van der Waals surface area contributed by atoms with E-state index in [1.807, 2.05) is 17.8 Å². The Morgan fingerprint density at radius 1 is 1.69 bits per heavy atom. The molecule has 0 spiro atoms. The van der Waals surface area contributed by atoms with E-state index in [1.165, 1.54) is 17.8 Å². The molecule has 0 amide bonds. The zero-order valence-corrected chi connectivity index (χ0v) is 9.27. The topological polar surface area (TPSA) is 81.2 Å². The highest BCUT2D eigenvalue weighted by atomic mass is 32.2. The van der Waals surface area contributed by atoms with Crippen molar-refractivity contribution in [3.8, 4) is 0 Å². The number of thioether (sulfide) groups is 1. The molecule has 0 aliphatic heterocycles. The minimum Gasteiger partial charge on any atom is -0.476 e.